The lowest BCUT2D eigenvalue weighted by Crippen LogP contribution is -2.19. The minimum absolute atomic E-state index is 0.113. The van der Waals surface area contributed by atoms with Crippen LogP contribution in [0.4, 0.5) is 11.4 Å². The summed E-state index contributed by atoms with van der Waals surface area (Å²) in [5, 5.41) is 5.73. The standard InChI is InChI=1S/C16H18N4O2S4/c21-13(9-25-15-17-5-7-23-15)19-11-3-1-2-4-12(11)20-14(22)10-26-16-18-6-8-24-16/h1-4H,5-10H2,(H,19,21)(H,20,22). The predicted molar refractivity (Wildman–Crippen MR) is 118 cm³/mol. The molecule has 0 fully saturated rings. The normalized spacial score (nSPS) is 16.2. The number of para-hydroxylation sites is 2. The zero-order valence-corrected chi connectivity index (χ0v) is 17.2. The maximum Gasteiger partial charge on any atom is 0.234 e. The van der Waals surface area contributed by atoms with Crippen molar-refractivity contribution in [3.8, 4) is 0 Å². The summed E-state index contributed by atoms with van der Waals surface area (Å²) in [7, 11) is 0. The van der Waals surface area contributed by atoms with Gasteiger partial charge in [-0.05, 0) is 12.1 Å². The van der Waals surface area contributed by atoms with Crippen molar-refractivity contribution in [2.45, 2.75) is 0 Å². The van der Waals surface area contributed by atoms with E-state index in [1.54, 1.807) is 35.7 Å². The molecule has 1 aromatic rings. The lowest BCUT2D eigenvalue weighted by atomic mass is 10.2. The van der Waals surface area contributed by atoms with Gasteiger partial charge in [0, 0.05) is 11.5 Å². The van der Waals surface area contributed by atoms with Crippen LogP contribution in [0.25, 0.3) is 0 Å². The Balaban J connectivity index is 1.50. The van der Waals surface area contributed by atoms with E-state index in [1.807, 2.05) is 12.1 Å². The van der Waals surface area contributed by atoms with Gasteiger partial charge in [0.05, 0.1) is 36.0 Å². The second-order valence-electron chi connectivity index (χ2n) is 5.21. The van der Waals surface area contributed by atoms with Crippen LogP contribution in [0.1, 0.15) is 0 Å². The first-order chi connectivity index (χ1) is 12.7. The van der Waals surface area contributed by atoms with E-state index in [0.717, 1.165) is 33.3 Å². The molecule has 0 unspecified atom stereocenters. The largest absolute Gasteiger partial charge is 0.324 e. The second-order valence-corrected chi connectivity index (χ2v) is 9.82. The Kier molecular flexibility index (Phi) is 7.78. The monoisotopic (exact) mass is 426 g/mol. The Hall–Kier alpha value is -1.10. The molecule has 138 valence electrons. The van der Waals surface area contributed by atoms with E-state index in [-0.39, 0.29) is 11.8 Å². The summed E-state index contributed by atoms with van der Waals surface area (Å²) in [5.41, 5.74) is 1.20. The third kappa shape index (κ3) is 6.26. The van der Waals surface area contributed by atoms with Crippen molar-refractivity contribution >= 4 is 79.0 Å². The van der Waals surface area contributed by atoms with Gasteiger partial charge < -0.3 is 10.6 Å². The fourth-order valence-corrected chi connectivity index (χ4v) is 5.75. The number of hydrogen-bond acceptors (Lipinski definition) is 8. The van der Waals surface area contributed by atoms with E-state index in [0.29, 0.717) is 22.9 Å². The summed E-state index contributed by atoms with van der Waals surface area (Å²) in [5.74, 6) is 2.36. The molecule has 1 aromatic carbocycles. The number of rotatable bonds is 6. The fraction of sp³-hybridized carbons (Fsp3) is 0.375. The van der Waals surface area contributed by atoms with Crippen molar-refractivity contribution in [3.05, 3.63) is 24.3 Å². The van der Waals surface area contributed by atoms with Crippen molar-refractivity contribution in [3.63, 3.8) is 0 Å². The molecule has 0 aromatic heterocycles. The molecule has 0 aliphatic carbocycles. The highest BCUT2D eigenvalue weighted by molar-refractivity contribution is 8.39. The number of amides is 2. The van der Waals surface area contributed by atoms with Crippen molar-refractivity contribution < 1.29 is 9.59 Å². The van der Waals surface area contributed by atoms with Crippen LogP contribution < -0.4 is 10.6 Å². The van der Waals surface area contributed by atoms with Crippen molar-refractivity contribution in [1.82, 2.24) is 0 Å². The van der Waals surface area contributed by atoms with E-state index in [2.05, 4.69) is 20.6 Å². The molecular weight excluding hydrogens is 408 g/mol. The number of hydrogen-bond donors (Lipinski definition) is 2. The van der Waals surface area contributed by atoms with E-state index in [4.69, 9.17) is 0 Å². The number of carbonyl (C=O) groups excluding carboxylic acids is 2. The van der Waals surface area contributed by atoms with Crippen LogP contribution in [0.5, 0.6) is 0 Å². The van der Waals surface area contributed by atoms with Gasteiger partial charge in [-0.15, -0.1) is 0 Å². The zero-order chi connectivity index (χ0) is 18.2. The maximum absolute atomic E-state index is 12.2. The smallest absolute Gasteiger partial charge is 0.234 e. The molecule has 0 saturated heterocycles. The van der Waals surface area contributed by atoms with E-state index in [1.165, 1.54) is 23.5 Å². The second kappa shape index (κ2) is 10.3. The van der Waals surface area contributed by atoms with Gasteiger partial charge in [-0.1, -0.05) is 59.2 Å². The fourth-order valence-electron chi connectivity index (χ4n) is 2.13. The maximum atomic E-state index is 12.2. The molecule has 10 heteroatoms. The van der Waals surface area contributed by atoms with Crippen molar-refractivity contribution in [1.29, 1.82) is 0 Å². The topological polar surface area (TPSA) is 82.9 Å². The highest BCUT2D eigenvalue weighted by atomic mass is 32.2. The Morgan fingerprint density at radius 2 is 1.35 bits per heavy atom. The van der Waals surface area contributed by atoms with E-state index >= 15 is 0 Å². The van der Waals surface area contributed by atoms with Crippen LogP contribution in [0.2, 0.25) is 0 Å². The summed E-state index contributed by atoms with van der Waals surface area (Å²) in [6.07, 6.45) is 0. The highest BCUT2D eigenvalue weighted by Gasteiger charge is 2.14. The summed E-state index contributed by atoms with van der Waals surface area (Å²) >= 11 is 6.26. The van der Waals surface area contributed by atoms with Gasteiger partial charge in [0.25, 0.3) is 0 Å². The third-order valence-corrected chi connectivity index (χ3v) is 7.75. The molecule has 26 heavy (non-hydrogen) atoms. The molecular formula is C16H18N4O2S4. The van der Waals surface area contributed by atoms with E-state index in [9.17, 15) is 9.59 Å². The molecule has 0 saturated carbocycles. The summed E-state index contributed by atoms with van der Waals surface area (Å²) in [6, 6.07) is 7.22. The lowest BCUT2D eigenvalue weighted by Gasteiger charge is -2.12. The molecule has 0 spiro atoms. The Labute approximate surface area is 169 Å². The predicted octanol–water partition coefficient (Wildman–Crippen LogP) is 3.24. The van der Waals surface area contributed by atoms with Crippen LogP contribution in [-0.4, -0.2) is 56.7 Å². The first-order valence-corrected chi connectivity index (χ1v) is 11.9. The van der Waals surface area contributed by atoms with Gasteiger partial charge in [0.2, 0.25) is 11.8 Å². The molecule has 2 N–H and O–H groups in total. The Morgan fingerprint density at radius 1 is 0.885 bits per heavy atom. The Morgan fingerprint density at radius 3 is 1.73 bits per heavy atom. The summed E-state index contributed by atoms with van der Waals surface area (Å²) in [4.78, 5) is 33.0. The quantitative estimate of drug-likeness (QED) is 0.727. The first-order valence-electron chi connectivity index (χ1n) is 7.99. The van der Waals surface area contributed by atoms with Gasteiger partial charge in [-0.25, -0.2) is 0 Å². The first kappa shape index (κ1) is 19.7. The molecule has 2 heterocycles. The number of anilines is 2. The van der Waals surface area contributed by atoms with Gasteiger partial charge in [-0.2, -0.15) is 0 Å². The lowest BCUT2D eigenvalue weighted by molar-refractivity contribution is -0.114. The molecule has 3 rings (SSSR count). The van der Waals surface area contributed by atoms with Gasteiger partial charge in [0.1, 0.15) is 8.75 Å². The number of benzene rings is 1. The molecule has 2 aliphatic heterocycles. The number of nitrogens with zero attached hydrogens (tertiary/aromatic N) is 2. The minimum atomic E-state index is -0.113. The van der Waals surface area contributed by atoms with Crippen LogP contribution in [0, 0.1) is 0 Å². The highest BCUT2D eigenvalue weighted by Crippen LogP contribution is 2.25. The Bertz CT molecular complexity index is 678. The molecule has 6 nitrogen and oxygen atoms in total. The average molecular weight is 427 g/mol. The SMILES string of the molecule is O=C(CSC1=NCCS1)Nc1ccccc1NC(=O)CSC1=NCCS1. The van der Waals surface area contributed by atoms with Crippen molar-refractivity contribution in [2.24, 2.45) is 9.98 Å². The van der Waals surface area contributed by atoms with Gasteiger partial charge in [0.15, 0.2) is 0 Å². The van der Waals surface area contributed by atoms with Crippen LogP contribution in [0.15, 0.2) is 34.3 Å². The average Bonchev–Trinajstić information content (AvgIpc) is 3.34. The van der Waals surface area contributed by atoms with Crippen molar-refractivity contribution in [2.75, 3.05) is 46.7 Å². The summed E-state index contributed by atoms with van der Waals surface area (Å²) in [6.45, 7) is 1.65. The third-order valence-electron chi connectivity index (χ3n) is 3.24. The number of nitrogens with one attached hydrogen (secondary N) is 2. The molecule has 2 amide bonds. The van der Waals surface area contributed by atoms with Gasteiger partial charge >= 0.3 is 0 Å². The molecule has 0 radical (unpaired) electrons. The zero-order valence-electron chi connectivity index (χ0n) is 13.9. The number of aliphatic imine (C=N–C) groups is 2. The molecule has 0 bridgehead atoms. The van der Waals surface area contributed by atoms with Crippen LogP contribution >= 0.6 is 47.0 Å². The van der Waals surface area contributed by atoms with Gasteiger partial charge in [-0.3, -0.25) is 19.6 Å². The van der Waals surface area contributed by atoms with Crippen LogP contribution in [-0.2, 0) is 9.59 Å². The number of carbonyl (C=O) groups is 2. The van der Waals surface area contributed by atoms with E-state index < -0.39 is 0 Å². The molecule has 0 atom stereocenters. The van der Waals surface area contributed by atoms with Crippen LogP contribution in [0.3, 0.4) is 0 Å². The summed E-state index contributed by atoms with van der Waals surface area (Å²) < 4.78 is 1.93. The molecule has 2 aliphatic rings. The number of thioether (sulfide) groups is 4. The minimum Gasteiger partial charge on any atom is -0.324 e.